The number of carbonyl (C=O) groups excluding carboxylic acids is 2. The third-order valence-corrected chi connectivity index (χ3v) is 3.52. The van der Waals surface area contributed by atoms with Gasteiger partial charge in [-0.1, -0.05) is 42.5 Å². The summed E-state index contributed by atoms with van der Waals surface area (Å²) >= 11 is 0. The summed E-state index contributed by atoms with van der Waals surface area (Å²) in [4.78, 5) is 23.6. The zero-order chi connectivity index (χ0) is 17.4. The normalized spacial score (nSPS) is 11.4. The molecule has 1 atom stereocenters. The van der Waals surface area contributed by atoms with Crippen LogP contribution in [-0.2, 0) is 17.8 Å². The summed E-state index contributed by atoms with van der Waals surface area (Å²) < 4.78 is 5.15. The smallest absolute Gasteiger partial charge is 0.312 e. The van der Waals surface area contributed by atoms with E-state index >= 15 is 0 Å². The molecule has 0 saturated heterocycles. The van der Waals surface area contributed by atoms with Crippen LogP contribution < -0.4 is 21.1 Å². The van der Waals surface area contributed by atoms with Crippen molar-refractivity contribution in [2.45, 2.75) is 19.0 Å². The number of amides is 3. The van der Waals surface area contributed by atoms with Crippen LogP contribution in [0.4, 0.5) is 4.79 Å². The van der Waals surface area contributed by atoms with Gasteiger partial charge in [-0.2, -0.15) is 0 Å². The van der Waals surface area contributed by atoms with Crippen LogP contribution >= 0.6 is 0 Å². The molecule has 126 valence electrons. The van der Waals surface area contributed by atoms with E-state index in [2.05, 4.69) is 10.6 Å². The fraction of sp³-hybridized carbons (Fsp3) is 0.222. The van der Waals surface area contributed by atoms with Crippen LogP contribution in [0.25, 0.3) is 0 Å². The highest BCUT2D eigenvalue weighted by Gasteiger charge is 2.20. The zero-order valence-electron chi connectivity index (χ0n) is 13.5. The minimum Gasteiger partial charge on any atom is -0.497 e. The first-order chi connectivity index (χ1) is 11.6. The van der Waals surface area contributed by atoms with Crippen LogP contribution in [0.15, 0.2) is 54.6 Å². The Bertz CT molecular complexity index is 689. The maximum Gasteiger partial charge on any atom is 0.312 e. The number of ether oxygens (including phenoxy) is 1. The first-order valence-electron chi connectivity index (χ1n) is 7.59. The molecule has 0 spiro atoms. The number of methoxy groups -OCH3 is 1. The summed E-state index contributed by atoms with van der Waals surface area (Å²) in [6.45, 7) is 0.335. The predicted octanol–water partition coefficient (Wildman–Crippen LogP) is 1.59. The van der Waals surface area contributed by atoms with Gasteiger partial charge in [0.1, 0.15) is 11.8 Å². The Morgan fingerprint density at radius 3 is 2.46 bits per heavy atom. The second-order valence-electron chi connectivity index (χ2n) is 5.32. The van der Waals surface area contributed by atoms with Crippen molar-refractivity contribution in [2.75, 3.05) is 7.11 Å². The van der Waals surface area contributed by atoms with E-state index in [9.17, 15) is 9.59 Å². The largest absolute Gasteiger partial charge is 0.497 e. The molecular weight excluding hydrogens is 306 g/mol. The van der Waals surface area contributed by atoms with Gasteiger partial charge < -0.3 is 21.1 Å². The first-order valence-corrected chi connectivity index (χ1v) is 7.59. The van der Waals surface area contributed by atoms with Crippen molar-refractivity contribution < 1.29 is 14.3 Å². The number of urea groups is 1. The number of benzene rings is 2. The molecule has 0 radical (unpaired) electrons. The summed E-state index contributed by atoms with van der Waals surface area (Å²) in [6, 6.07) is 15.4. The lowest BCUT2D eigenvalue weighted by molar-refractivity contribution is -0.123. The predicted molar refractivity (Wildman–Crippen MR) is 91.5 cm³/mol. The number of carbonyl (C=O) groups is 2. The summed E-state index contributed by atoms with van der Waals surface area (Å²) in [5.74, 6) is 0.429. The molecule has 0 bridgehead atoms. The van der Waals surface area contributed by atoms with E-state index in [1.807, 2.05) is 54.6 Å². The summed E-state index contributed by atoms with van der Waals surface area (Å²) in [5.41, 5.74) is 7.02. The second-order valence-corrected chi connectivity index (χ2v) is 5.32. The van der Waals surface area contributed by atoms with Crippen molar-refractivity contribution >= 4 is 11.9 Å². The molecule has 0 aliphatic carbocycles. The van der Waals surface area contributed by atoms with Gasteiger partial charge in [0.2, 0.25) is 5.91 Å². The van der Waals surface area contributed by atoms with Crippen LogP contribution in [0.1, 0.15) is 11.1 Å². The molecule has 0 aliphatic heterocycles. The molecule has 6 nitrogen and oxygen atoms in total. The minimum absolute atomic E-state index is 0.291. The van der Waals surface area contributed by atoms with E-state index in [1.165, 1.54) is 0 Å². The van der Waals surface area contributed by atoms with Gasteiger partial charge in [-0.3, -0.25) is 4.79 Å². The number of nitrogens with two attached hydrogens (primary N) is 1. The van der Waals surface area contributed by atoms with E-state index < -0.39 is 12.1 Å². The van der Waals surface area contributed by atoms with Crippen LogP contribution in [0.5, 0.6) is 5.75 Å². The maximum absolute atomic E-state index is 12.4. The Hall–Kier alpha value is -3.02. The molecule has 0 saturated carbocycles. The molecule has 0 heterocycles. The van der Waals surface area contributed by atoms with Gasteiger partial charge in [-0.15, -0.1) is 0 Å². The van der Waals surface area contributed by atoms with Crippen LogP contribution in [0, 0.1) is 0 Å². The lowest BCUT2D eigenvalue weighted by atomic mass is 10.1. The average molecular weight is 327 g/mol. The molecule has 2 aromatic carbocycles. The Balaban J connectivity index is 2.00. The highest BCUT2D eigenvalue weighted by atomic mass is 16.5. The maximum atomic E-state index is 12.4. The Morgan fingerprint density at radius 1 is 1.08 bits per heavy atom. The molecule has 0 aromatic heterocycles. The van der Waals surface area contributed by atoms with Crippen molar-refractivity contribution in [1.29, 1.82) is 0 Å². The third kappa shape index (κ3) is 5.31. The summed E-state index contributed by atoms with van der Waals surface area (Å²) in [6.07, 6.45) is 0.369. The Labute approximate surface area is 141 Å². The Kier molecular flexibility index (Phi) is 6.19. The topological polar surface area (TPSA) is 93.4 Å². The molecule has 0 fully saturated rings. The number of nitrogens with one attached hydrogen (secondary N) is 2. The van der Waals surface area contributed by atoms with Gasteiger partial charge in [0, 0.05) is 13.0 Å². The fourth-order valence-electron chi connectivity index (χ4n) is 2.33. The van der Waals surface area contributed by atoms with E-state index in [0.717, 1.165) is 16.9 Å². The van der Waals surface area contributed by atoms with Gasteiger partial charge in [-0.25, -0.2) is 4.79 Å². The SMILES string of the molecule is COc1cccc(CNC(=O)[C@@H](Cc2ccccc2)NC(N)=O)c1. The molecule has 24 heavy (non-hydrogen) atoms. The van der Waals surface area contributed by atoms with Crippen molar-refractivity contribution in [3.8, 4) is 5.75 Å². The molecule has 3 amide bonds. The summed E-state index contributed by atoms with van der Waals surface area (Å²) in [5, 5.41) is 5.30. The van der Waals surface area contributed by atoms with Crippen molar-refractivity contribution in [3.05, 3.63) is 65.7 Å². The average Bonchev–Trinajstić information content (AvgIpc) is 2.60. The van der Waals surface area contributed by atoms with Crippen LogP contribution in [0.2, 0.25) is 0 Å². The number of hydrogen-bond donors (Lipinski definition) is 3. The number of primary amides is 1. The first kappa shape index (κ1) is 17.3. The van der Waals surface area contributed by atoms with E-state index in [1.54, 1.807) is 7.11 Å². The highest BCUT2D eigenvalue weighted by molar-refractivity contribution is 5.86. The van der Waals surface area contributed by atoms with E-state index in [-0.39, 0.29) is 5.91 Å². The molecular formula is C18H21N3O3. The number of hydrogen-bond acceptors (Lipinski definition) is 3. The number of rotatable bonds is 7. The minimum atomic E-state index is -0.729. The molecule has 0 unspecified atom stereocenters. The third-order valence-electron chi connectivity index (χ3n) is 3.52. The molecule has 0 aliphatic rings. The molecule has 2 aromatic rings. The van der Waals surface area contributed by atoms with Crippen molar-refractivity contribution in [1.82, 2.24) is 10.6 Å². The van der Waals surface area contributed by atoms with Gasteiger partial charge in [0.25, 0.3) is 0 Å². The molecule has 6 heteroatoms. The van der Waals surface area contributed by atoms with Gasteiger partial charge in [-0.05, 0) is 23.3 Å². The zero-order valence-corrected chi connectivity index (χ0v) is 13.5. The lowest BCUT2D eigenvalue weighted by Gasteiger charge is -2.17. The monoisotopic (exact) mass is 327 g/mol. The van der Waals surface area contributed by atoms with Gasteiger partial charge in [0.05, 0.1) is 7.11 Å². The van der Waals surface area contributed by atoms with Crippen molar-refractivity contribution in [2.24, 2.45) is 5.73 Å². The van der Waals surface area contributed by atoms with Crippen LogP contribution in [-0.4, -0.2) is 25.1 Å². The van der Waals surface area contributed by atoms with E-state index in [0.29, 0.717) is 13.0 Å². The molecule has 4 N–H and O–H groups in total. The Morgan fingerprint density at radius 2 is 1.79 bits per heavy atom. The summed E-state index contributed by atoms with van der Waals surface area (Å²) in [7, 11) is 1.59. The lowest BCUT2D eigenvalue weighted by Crippen LogP contribution is -2.49. The highest BCUT2D eigenvalue weighted by Crippen LogP contribution is 2.12. The van der Waals surface area contributed by atoms with Gasteiger partial charge >= 0.3 is 6.03 Å². The second kappa shape index (κ2) is 8.57. The standard InChI is InChI=1S/C18H21N3O3/c1-24-15-9-5-8-14(10-15)12-20-17(22)16(21-18(19)23)11-13-6-3-2-4-7-13/h2-10,16H,11-12H2,1H3,(H,20,22)(H3,19,21,23)/t16-/m1/s1. The quantitative estimate of drug-likeness (QED) is 0.721. The van der Waals surface area contributed by atoms with E-state index in [4.69, 9.17) is 10.5 Å². The van der Waals surface area contributed by atoms with Gasteiger partial charge in [0.15, 0.2) is 0 Å². The fourth-order valence-corrected chi connectivity index (χ4v) is 2.33. The molecule has 2 rings (SSSR count). The van der Waals surface area contributed by atoms with Crippen LogP contribution in [0.3, 0.4) is 0 Å². The van der Waals surface area contributed by atoms with Crippen molar-refractivity contribution in [3.63, 3.8) is 0 Å².